The van der Waals surface area contributed by atoms with E-state index in [1.165, 1.54) is 24.9 Å². The van der Waals surface area contributed by atoms with Crippen LogP contribution in [-0.2, 0) is 9.59 Å². The second-order valence-electron chi connectivity index (χ2n) is 8.02. The maximum atomic E-state index is 12.4. The Morgan fingerprint density at radius 2 is 1.56 bits per heavy atom. The lowest BCUT2D eigenvalue weighted by molar-refractivity contribution is -0.134. The van der Waals surface area contributed by atoms with Crippen molar-refractivity contribution in [2.45, 2.75) is 32.1 Å². The number of piperidine rings is 1. The number of carbonyl (C=O) groups is 2. The Kier molecular flexibility index (Phi) is 5.62. The third-order valence-corrected chi connectivity index (χ3v) is 5.85. The second kappa shape index (κ2) is 8.30. The Labute approximate surface area is 161 Å². The fourth-order valence-electron chi connectivity index (χ4n) is 4.03. The predicted molar refractivity (Wildman–Crippen MR) is 107 cm³/mol. The van der Waals surface area contributed by atoms with Crippen molar-refractivity contribution in [3.05, 3.63) is 24.3 Å². The van der Waals surface area contributed by atoms with Crippen molar-refractivity contribution in [1.29, 1.82) is 0 Å². The van der Waals surface area contributed by atoms with Gasteiger partial charge in [-0.2, -0.15) is 0 Å². The fourth-order valence-corrected chi connectivity index (χ4v) is 4.03. The minimum Gasteiger partial charge on any atom is -0.372 e. The lowest BCUT2D eigenvalue weighted by Crippen LogP contribution is -2.50. The minimum atomic E-state index is 0.0164. The molecule has 2 amide bonds. The first-order valence-electron chi connectivity index (χ1n) is 10.3. The highest BCUT2D eigenvalue weighted by molar-refractivity contribution is 5.92. The van der Waals surface area contributed by atoms with Crippen LogP contribution in [0.5, 0.6) is 0 Å². The normalized spacial score (nSPS) is 21.2. The maximum Gasteiger partial charge on any atom is 0.238 e. The molecule has 0 radical (unpaired) electrons. The van der Waals surface area contributed by atoms with Gasteiger partial charge >= 0.3 is 0 Å². The van der Waals surface area contributed by atoms with Gasteiger partial charge in [0.15, 0.2) is 0 Å². The number of piperazine rings is 1. The Morgan fingerprint density at radius 1 is 0.889 bits per heavy atom. The van der Waals surface area contributed by atoms with Gasteiger partial charge in [-0.15, -0.1) is 0 Å². The van der Waals surface area contributed by atoms with Gasteiger partial charge in [0.2, 0.25) is 11.8 Å². The summed E-state index contributed by atoms with van der Waals surface area (Å²) in [5.41, 5.74) is 2.09. The molecule has 3 fully saturated rings. The number of nitrogens with zero attached hydrogens (tertiary/aromatic N) is 3. The quantitative estimate of drug-likeness (QED) is 0.863. The van der Waals surface area contributed by atoms with Gasteiger partial charge in [0, 0.05) is 56.6 Å². The molecule has 1 aromatic rings. The Balaban J connectivity index is 1.21. The van der Waals surface area contributed by atoms with E-state index in [0.29, 0.717) is 12.5 Å². The largest absolute Gasteiger partial charge is 0.372 e. The molecule has 0 aromatic heterocycles. The molecule has 0 spiro atoms. The molecule has 1 aromatic carbocycles. The van der Waals surface area contributed by atoms with Crippen LogP contribution in [-0.4, -0.2) is 67.4 Å². The van der Waals surface area contributed by atoms with E-state index in [9.17, 15) is 9.59 Å². The molecule has 2 heterocycles. The average molecular weight is 370 g/mol. The molecule has 6 nitrogen and oxygen atoms in total. The van der Waals surface area contributed by atoms with Gasteiger partial charge in [0.25, 0.3) is 0 Å². The van der Waals surface area contributed by atoms with Crippen molar-refractivity contribution >= 4 is 23.2 Å². The van der Waals surface area contributed by atoms with Crippen LogP contribution in [0.15, 0.2) is 24.3 Å². The van der Waals surface area contributed by atoms with Crippen molar-refractivity contribution < 1.29 is 9.59 Å². The number of rotatable bonds is 5. The first-order chi connectivity index (χ1) is 13.2. The van der Waals surface area contributed by atoms with Crippen LogP contribution < -0.4 is 10.2 Å². The molecule has 4 rings (SSSR count). The lowest BCUT2D eigenvalue weighted by atomic mass is 10.1. The van der Waals surface area contributed by atoms with Crippen molar-refractivity contribution in [1.82, 2.24) is 9.80 Å². The molecule has 146 valence electrons. The molecule has 6 heteroatoms. The molecule has 0 unspecified atom stereocenters. The molecule has 0 bridgehead atoms. The number of benzene rings is 1. The third-order valence-electron chi connectivity index (χ3n) is 5.85. The van der Waals surface area contributed by atoms with Gasteiger partial charge in [-0.25, -0.2) is 0 Å². The summed E-state index contributed by atoms with van der Waals surface area (Å²) in [6.45, 7) is 5.68. The molecule has 2 aliphatic heterocycles. The highest BCUT2D eigenvalue weighted by atomic mass is 16.2. The summed E-state index contributed by atoms with van der Waals surface area (Å²) < 4.78 is 0. The van der Waals surface area contributed by atoms with Gasteiger partial charge in [-0.05, 0) is 56.4 Å². The van der Waals surface area contributed by atoms with Crippen molar-refractivity contribution in [3.63, 3.8) is 0 Å². The van der Waals surface area contributed by atoms with Crippen LogP contribution in [0, 0.1) is 5.92 Å². The monoisotopic (exact) mass is 370 g/mol. The lowest BCUT2D eigenvalue weighted by Gasteiger charge is -2.34. The summed E-state index contributed by atoms with van der Waals surface area (Å²) in [6, 6.07) is 8.19. The fraction of sp³-hybridized carbons (Fsp3) is 0.619. The summed E-state index contributed by atoms with van der Waals surface area (Å²) in [5, 5.41) is 3.00. The van der Waals surface area contributed by atoms with Crippen LogP contribution in [0.3, 0.4) is 0 Å². The van der Waals surface area contributed by atoms with E-state index in [1.54, 1.807) is 0 Å². The molecule has 0 atom stereocenters. The third kappa shape index (κ3) is 4.80. The van der Waals surface area contributed by atoms with E-state index >= 15 is 0 Å². The molecule has 3 aliphatic rings. The molecule has 1 N–H and O–H groups in total. The molecule has 27 heavy (non-hydrogen) atoms. The SMILES string of the molecule is O=C(CN1CCN(C(=O)C2CC2)CC1)Nc1ccc(N2CCCCC2)cc1. The van der Waals surface area contributed by atoms with Crippen molar-refractivity contribution in [3.8, 4) is 0 Å². The molecule has 1 saturated carbocycles. The first-order valence-corrected chi connectivity index (χ1v) is 10.3. The first kappa shape index (κ1) is 18.3. The number of hydrogen-bond acceptors (Lipinski definition) is 4. The van der Waals surface area contributed by atoms with Gasteiger partial charge < -0.3 is 15.1 Å². The standard InChI is InChI=1S/C21H30N4O2/c26-20(16-23-12-14-25(15-13-23)21(27)17-4-5-17)22-18-6-8-19(9-7-18)24-10-2-1-3-11-24/h6-9,17H,1-5,10-16H2,(H,22,26). The van der Waals surface area contributed by atoms with Crippen LogP contribution in [0.4, 0.5) is 11.4 Å². The molecule has 1 aliphatic carbocycles. The van der Waals surface area contributed by atoms with E-state index in [0.717, 1.165) is 57.8 Å². The number of nitrogens with one attached hydrogen (secondary N) is 1. The number of hydrogen-bond donors (Lipinski definition) is 1. The zero-order chi connectivity index (χ0) is 18.6. The topological polar surface area (TPSA) is 55.9 Å². The Hall–Kier alpha value is -2.08. The van der Waals surface area contributed by atoms with Crippen molar-refractivity contribution in [2.75, 3.05) is 56.0 Å². The number of anilines is 2. The number of amides is 2. The predicted octanol–water partition coefficient (Wildman–Crippen LogP) is 2.17. The smallest absolute Gasteiger partial charge is 0.238 e. The van der Waals surface area contributed by atoms with Crippen LogP contribution >= 0.6 is 0 Å². The summed E-state index contributed by atoms with van der Waals surface area (Å²) in [5.74, 6) is 0.614. The van der Waals surface area contributed by atoms with Crippen molar-refractivity contribution in [2.24, 2.45) is 5.92 Å². The molecular formula is C21H30N4O2. The molecular weight excluding hydrogens is 340 g/mol. The maximum absolute atomic E-state index is 12.4. The van der Waals surface area contributed by atoms with E-state index < -0.39 is 0 Å². The minimum absolute atomic E-state index is 0.0164. The number of carbonyl (C=O) groups excluding carboxylic acids is 2. The Morgan fingerprint density at radius 3 is 2.19 bits per heavy atom. The average Bonchev–Trinajstić information content (AvgIpc) is 3.55. The summed E-state index contributed by atoms with van der Waals surface area (Å²) >= 11 is 0. The second-order valence-corrected chi connectivity index (χ2v) is 8.02. The molecule has 2 saturated heterocycles. The van der Waals surface area contributed by atoms with Gasteiger partial charge in [-0.1, -0.05) is 0 Å². The van der Waals surface area contributed by atoms with Crippen LogP contribution in [0.1, 0.15) is 32.1 Å². The zero-order valence-corrected chi connectivity index (χ0v) is 16.0. The van der Waals surface area contributed by atoms with Crippen LogP contribution in [0.25, 0.3) is 0 Å². The Bertz CT molecular complexity index is 657. The van der Waals surface area contributed by atoms with Gasteiger partial charge in [0.05, 0.1) is 6.54 Å². The van der Waals surface area contributed by atoms with Gasteiger partial charge in [0.1, 0.15) is 0 Å². The van der Waals surface area contributed by atoms with E-state index in [1.807, 2.05) is 17.0 Å². The summed E-state index contributed by atoms with van der Waals surface area (Å²) in [6.07, 6.45) is 5.96. The summed E-state index contributed by atoms with van der Waals surface area (Å²) in [7, 11) is 0. The zero-order valence-electron chi connectivity index (χ0n) is 16.0. The van der Waals surface area contributed by atoms with Crippen LogP contribution in [0.2, 0.25) is 0 Å². The summed E-state index contributed by atoms with van der Waals surface area (Å²) in [4.78, 5) is 31.0. The van der Waals surface area contributed by atoms with E-state index in [-0.39, 0.29) is 11.8 Å². The highest BCUT2D eigenvalue weighted by Crippen LogP contribution is 2.31. The van der Waals surface area contributed by atoms with E-state index in [2.05, 4.69) is 27.2 Å². The van der Waals surface area contributed by atoms with E-state index in [4.69, 9.17) is 0 Å². The van der Waals surface area contributed by atoms with Gasteiger partial charge in [-0.3, -0.25) is 14.5 Å². The highest BCUT2D eigenvalue weighted by Gasteiger charge is 2.34.